The topological polar surface area (TPSA) is 108 Å². The zero-order valence-corrected chi connectivity index (χ0v) is 55.7. The third-order valence-electron chi connectivity index (χ3n) is 14.5. The maximum absolute atomic E-state index is 12.9. The summed E-state index contributed by atoms with van der Waals surface area (Å²) >= 11 is 0. The van der Waals surface area contributed by atoms with Crippen molar-refractivity contribution >= 4 is 19.8 Å². The molecule has 0 amide bonds. The Morgan fingerprint density at radius 2 is 0.679 bits per heavy atom. The minimum Gasteiger partial charge on any atom is -0.462 e. The highest BCUT2D eigenvalue weighted by Crippen LogP contribution is 2.43. The summed E-state index contributed by atoms with van der Waals surface area (Å²) in [5.74, 6) is -0.804. The molecule has 0 bridgehead atoms. The van der Waals surface area contributed by atoms with Crippen LogP contribution in [0.2, 0.25) is 0 Å². The van der Waals surface area contributed by atoms with Crippen LogP contribution in [0.4, 0.5) is 0 Å². The van der Waals surface area contributed by atoms with E-state index in [1.807, 2.05) is 21.1 Å². The fourth-order valence-electron chi connectivity index (χ4n) is 9.24. The van der Waals surface area contributed by atoms with Crippen LogP contribution in [-0.2, 0) is 32.7 Å². The van der Waals surface area contributed by atoms with Gasteiger partial charge in [-0.3, -0.25) is 18.6 Å². The SMILES string of the molecule is CC/C=C\C/C=C\C/C=C\C/C=C\C/C=C\C/C=C\C/C=C\CCCCCCCCCCCCCCCCCC(=O)OC(COC(=O)CCCCCCCCCC/C=C\C/C=C\C/C=C\CCCCCCC)COP(=O)(O)OCC[N+](C)(C)C. The lowest BCUT2D eigenvalue weighted by molar-refractivity contribution is -0.870. The highest BCUT2D eigenvalue weighted by Gasteiger charge is 2.27. The van der Waals surface area contributed by atoms with E-state index < -0.39 is 26.5 Å². The first kappa shape index (κ1) is 80.4. The summed E-state index contributed by atoms with van der Waals surface area (Å²) in [4.78, 5) is 35.8. The Morgan fingerprint density at radius 1 is 0.381 bits per heavy atom. The van der Waals surface area contributed by atoms with E-state index in [4.69, 9.17) is 18.5 Å². The van der Waals surface area contributed by atoms with Gasteiger partial charge in [-0.2, -0.15) is 0 Å². The fourth-order valence-corrected chi connectivity index (χ4v) is 9.98. The minimum atomic E-state index is -4.40. The molecule has 0 fully saturated rings. The van der Waals surface area contributed by atoms with Crippen molar-refractivity contribution in [3.8, 4) is 0 Å². The Balaban J connectivity index is 4.07. The van der Waals surface area contributed by atoms with Crippen molar-refractivity contribution in [1.82, 2.24) is 0 Å². The van der Waals surface area contributed by atoms with Gasteiger partial charge in [-0.25, -0.2) is 4.57 Å². The summed E-state index contributed by atoms with van der Waals surface area (Å²) in [6.07, 6.45) is 91.5. The largest absolute Gasteiger partial charge is 0.472 e. The van der Waals surface area contributed by atoms with Crippen molar-refractivity contribution < 1.29 is 42.1 Å². The maximum atomic E-state index is 12.9. The van der Waals surface area contributed by atoms with Gasteiger partial charge in [-0.1, -0.05) is 283 Å². The third-order valence-corrected chi connectivity index (χ3v) is 15.5. The predicted molar refractivity (Wildman–Crippen MR) is 362 cm³/mol. The van der Waals surface area contributed by atoms with Crippen molar-refractivity contribution in [2.24, 2.45) is 0 Å². The number of carbonyl (C=O) groups excluding carboxylic acids is 2. The molecule has 0 spiro atoms. The van der Waals surface area contributed by atoms with E-state index in [9.17, 15) is 19.0 Å². The number of hydrogen-bond donors (Lipinski definition) is 1. The van der Waals surface area contributed by atoms with Crippen LogP contribution in [0.3, 0.4) is 0 Å². The van der Waals surface area contributed by atoms with Crippen LogP contribution in [0.1, 0.15) is 284 Å². The third kappa shape index (κ3) is 67.5. The number of carbonyl (C=O) groups is 2. The summed E-state index contributed by atoms with van der Waals surface area (Å²) in [5.41, 5.74) is 0. The lowest BCUT2D eigenvalue weighted by Crippen LogP contribution is -2.37. The van der Waals surface area contributed by atoms with E-state index in [0.29, 0.717) is 17.4 Å². The molecule has 2 unspecified atom stereocenters. The first-order chi connectivity index (χ1) is 41.0. The molecule has 0 aliphatic carbocycles. The average molecular weight is 1190 g/mol. The second kappa shape index (κ2) is 63.9. The summed E-state index contributed by atoms with van der Waals surface area (Å²) in [6, 6.07) is 0. The second-order valence-electron chi connectivity index (χ2n) is 23.8. The molecule has 10 heteroatoms. The molecule has 0 radical (unpaired) electrons. The molecule has 0 heterocycles. The smallest absolute Gasteiger partial charge is 0.462 e. The zero-order chi connectivity index (χ0) is 61.2. The first-order valence-corrected chi connectivity index (χ1v) is 35.8. The van der Waals surface area contributed by atoms with Crippen molar-refractivity contribution in [1.29, 1.82) is 0 Å². The molecule has 0 rings (SSSR count). The van der Waals surface area contributed by atoms with E-state index in [2.05, 4.69) is 135 Å². The Bertz CT molecular complexity index is 1830. The molecule has 0 aliphatic rings. The lowest BCUT2D eigenvalue weighted by Gasteiger charge is -2.24. The van der Waals surface area contributed by atoms with E-state index in [1.54, 1.807) is 0 Å². The number of esters is 2. The Hall–Kier alpha value is -3.59. The number of quaternary nitrogens is 1. The van der Waals surface area contributed by atoms with Crippen LogP contribution >= 0.6 is 7.82 Å². The molecule has 0 aromatic heterocycles. The van der Waals surface area contributed by atoms with Gasteiger partial charge in [0, 0.05) is 12.8 Å². The molecule has 0 aliphatic heterocycles. The molecule has 9 nitrogen and oxygen atoms in total. The van der Waals surface area contributed by atoms with Crippen LogP contribution in [0.5, 0.6) is 0 Å². The molecule has 0 saturated carbocycles. The van der Waals surface area contributed by atoms with Crippen molar-refractivity contribution in [3.63, 3.8) is 0 Å². The van der Waals surface area contributed by atoms with Gasteiger partial charge in [0.2, 0.25) is 0 Å². The van der Waals surface area contributed by atoms with Gasteiger partial charge in [-0.15, -0.1) is 0 Å². The van der Waals surface area contributed by atoms with E-state index in [-0.39, 0.29) is 32.0 Å². The summed E-state index contributed by atoms with van der Waals surface area (Å²) in [7, 11) is 1.47. The molecular formula is C74H129NO8P+. The van der Waals surface area contributed by atoms with Crippen molar-refractivity contribution in [3.05, 3.63) is 122 Å². The minimum absolute atomic E-state index is 0.0261. The number of hydrogen-bond acceptors (Lipinski definition) is 7. The summed E-state index contributed by atoms with van der Waals surface area (Å²) in [6.45, 7) is 4.31. The standard InChI is InChI=1S/C74H128NO8P/c1-6-8-10-12-14-16-18-20-22-24-26-28-30-31-32-33-34-35-36-37-38-39-40-41-42-43-45-47-49-51-53-55-57-59-61-63-65-67-74(77)83-72(71-82-84(78,79)81-69-68-75(3,4)5)70-80-73(76)66-64-62-60-58-56-54-52-50-48-46-44-29-27-25-23-21-19-17-15-13-11-9-7-2/h8,10,14,16,19-22,25-28,31-32,34-35,37-38,44,46,72H,6-7,9,11-13,15,17-18,23-24,29-30,33,36,39-43,45,47-71H2,1-5H3/p+1/b10-8-,16-14-,21-19-,22-20-,27-25-,28-26-,32-31-,35-34-,38-37-,46-44-. The number of likely N-dealkylation sites (N-methyl/N-ethyl adjacent to an activating group) is 1. The van der Waals surface area contributed by atoms with Crippen LogP contribution in [-0.4, -0.2) is 74.9 Å². The number of allylic oxidation sites excluding steroid dienone is 20. The number of phosphoric ester groups is 1. The molecule has 0 aromatic rings. The second-order valence-corrected chi connectivity index (χ2v) is 25.3. The number of phosphoric acid groups is 1. The van der Waals surface area contributed by atoms with Crippen LogP contribution in [0.25, 0.3) is 0 Å². The van der Waals surface area contributed by atoms with Crippen LogP contribution < -0.4 is 0 Å². The summed E-state index contributed by atoms with van der Waals surface area (Å²) in [5, 5.41) is 0. The van der Waals surface area contributed by atoms with Gasteiger partial charge in [0.05, 0.1) is 27.7 Å². The van der Waals surface area contributed by atoms with Gasteiger partial charge in [0.25, 0.3) is 0 Å². The number of unbranched alkanes of at least 4 members (excludes halogenated alkanes) is 28. The lowest BCUT2D eigenvalue weighted by atomic mass is 10.0. The average Bonchev–Trinajstić information content (AvgIpc) is 3.61. The Kier molecular flexibility index (Phi) is 61.2. The summed E-state index contributed by atoms with van der Waals surface area (Å²) < 4.78 is 34.7. The van der Waals surface area contributed by atoms with Crippen LogP contribution in [0, 0.1) is 0 Å². The molecule has 2 atom stereocenters. The Morgan fingerprint density at radius 3 is 1.01 bits per heavy atom. The zero-order valence-electron chi connectivity index (χ0n) is 54.9. The molecule has 0 aromatic carbocycles. The van der Waals surface area contributed by atoms with Crippen molar-refractivity contribution in [2.75, 3.05) is 47.5 Å². The van der Waals surface area contributed by atoms with Gasteiger partial charge in [0.15, 0.2) is 6.10 Å². The maximum Gasteiger partial charge on any atom is 0.472 e. The fraction of sp³-hybridized carbons (Fsp3) is 0.703. The quantitative estimate of drug-likeness (QED) is 0.0211. The molecule has 1 N–H and O–H groups in total. The van der Waals surface area contributed by atoms with Gasteiger partial charge in [-0.05, 0) is 109 Å². The normalized spacial score (nSPS) is 13.9. The first-order valence-electron chi connectivity index (χ1n) is 34.3. The van der Waals surface area contributed by atoms with E-state index in [1.165, 1.54) is 141 Å². The van der Waals surface area contributed by atoms with Crippen molar-refractivity contribution in [2.45, 2.75) is 290 Å². The van der Waals surface area contributed by atoms with Crippen LogP contribution in [0.15, 0.2) is 122 Å². The molecule has 482 valence electrons. The Labute approximate surface area is 518 Å². The van der Waals surface area contributed by atoms with Gasteiger partial charge < -0.3 is 18.9 Å². The van der Waals surface area contributed by atoms with E-state index in [0.717, 1.165) is 109 Å². The molecule has 84 heavy (non-hydrogen) atoms. The van der Waals surface area contributed by atoms with Gasteiger partial charge in [0.1, 0.15) is 19.8 Å². The monoisotopic (exact) mass is 1190 g/mol. The number of nitrogens with zero attached hydrogens (tertiary/aromatic N) is 1. The van der Waals surface area contributed by atoms with E-state index >= 15 is 0 Å². The van der Waals surface area contributed by atoms with Gasteiger partial charge >= 0.3 is 19.8 Å². The molecule has 0 saturated heterocycles. The molecular weight excluding hydrogens is 1060 g/mol. The number of ether oxygens (including phenoxy) is 2. The highest BCUT2D eigenvalue weighted by atomic mass is 31.2. The predicted octanol–water partition coefficient (Wildman–Crippen LogP) is 22.3. The number of rotatable bonds is 62. The highest BCUT2D eigenvalue weighted by molar-refractivity contribution is 7.47.